The maximum Gasteiger partial charge on any atom is 0.189 e. The molecule has 98 valence electrons. The van der Waals surface area contributed by atoms with Crippen molar-refractivity contribution in [2.24, 2.45) is 0 Å². The van der Waals surface area contributed by atoms with E-state index in [0.717, 1.165) is 16.3 Å². The number of ether oxygens (including phenoxy) is 2. The van der Waals surface area contributed by atoms with Crippen LogP contribution in [0.4, 0.5) is 0 Å². The summed E-state index contributed by atoms with van der Waals surface area (Å²) in [7, 11) is 0. The molecule has 1 N–H and O–H groups in total. The zero-order valence-electron chi connectivity index (χ0n) is 10.8. The van der Waals surface area contributed by atoms with E-state index in [4.69, 9.17) is 14.6 Å². The van der Waals surface area contributed by atoms with Crippen molar-refractivity contribution >= 4 is 10.8 Å². The summed E-state index contributed by atoms with van der Waals surface area (Å²) in [6, 6.07) is 11.8. The van der Waals surface area contributed by atoms with Crippen LogP contribution in [-0.4, -0.2) is 25.1 Å². The molecule has 0 aliphatic rings. The number of hydrogen-bond donors (Lipinski definition) is 1. The molecule has 0 aliphatic heterocycles. The van der Waals surface area contributed by atoms with Crippen molar-refractivity contribution in [2.75, 3.05) is 20.0 Å². The van der Waals surface area contributed by atoms with Crippen LogP contribution >= 0.6 is 0 Å². The Kier molecular flexibility index (Phi) is 4.79. The van der Waals surface area contributed by atoms with Gasteiger partial charge in [0.05, 0.1) is 5.56 Å². The lowest BCUT2D eigenvalue weighted by molar-refractivity contribution is 0.0223. The Morgan fingerprint density at radius 3 is 2.79 bits per heavy atom. The van der Waals surface area contributed by atoms with Crippen LogP contribution in [0.2, 0.25) is 0 Å². The molecule has 3 nitrogen and oxygen atoms in total. The Labute approximate surface area is 112 Å². The molecule has 0 aromatic heterocycles. The standard InChI is InChI=1S/C16H16O3/c1-2-18-12-19-16-10-9-13-6-3-4-7-14(13)15(16)8-5-11-17/h3-4,6-7,9-10,17H,2,11-12H2,1H3. The number of hydrogen-bond acceptors (Lipinski definition) is 3. The number of benzene rings is 2. The molecule has 2 rings (SSSR count). The monoisotopic (exact) mass is 256 g/mol. The first kappa shape index (κ1) is 13.4. The van der Waals surface area contributed by atoms with Gasteiger partial charge in [0.15, 0.2) is 6.79 Å². The third-order valence-electron chi connectivity index (χ3n) is 2.69. The fraction of sp³-hybridized carbons (Fsp3) is 0.250. The lowest BCUT2D eigenvalue weighted by Crippen LogP contribution is -2.03. The topological polar surface area (TPSA) is 38.7 Å². The molecule has 19 heavy (non-hydrogen) atoms. The number of aliphatic hydroxyl groups excluding tert-OH is 1. The highest BCUT2D eigenvalue weighted by Crippen LogP contribution is 2.27. The second-order valence-corrected chi connectivity index (χ2v) is 3.87. The second kappa shape index (κ2) is 6.79. The minimum atomic E-state index is -0.172. The zero-order valence-corrected chi connectivity index (χ0v) is 10.8. The first-order valence-electron chi connectivity index (χ1n) is 6.19. The van der Waals surface area contributed by atoms with Gasteiger partial charge in [-0.2, -0.15) is 0 Å². The highest BCUT2D eigenvalue weighted by molar-refractivity contribution is 5.90. The van der Waals surface area contributed by atoms with Crippen LogP contribution < -0.4 is 4.74 Å². The van der Waals surface area contributed by atoms with Crippen LogP contribution in [0.25, 0.3) is 10.8 Å². The second-order valence-electron chi connectivity index (χ2n) is 3.87. The van der Waals surface area contributed by atoms with E-state index < -0.39 is 0 Å². The van der Waals surface area contributed by atoms with Crippen molar-refractivity contribution in [3.05, 3.63) is 42.0 Å². The third kappa shape index (κ3) is 3.25. The molecule has 0 aliphatic carbocycles. The molecular weight excluding hydrogens is 240 g/mol. The highest BCUT2D eigenvalue weighted by atomic mass is 16.7. The van der Waals surface area contributed by atoms with E-state index in [2.05, 4.69) is 11.8 Å². The first-order chi connectivity index (χ1) is 9.36. The predicted octanol–water partition coefficient (Wildman–Crippen LogP) is 2.56. The molecule has 0 bridgehead atoms. The number of fused-ring (bicyclic) bond motifs is 1. The molecule has 2 aromatic rings. The summed E-state index contributed by atoms with van der Waals surface area (Å²) in [5, 5.41) is 11.0. The summed E-state index contributed by atoms with van der Waals surface area (Å²) in [6.45, 7) is 2.54. The maximum atomic E-state index is 8.87. The highest BCUT2D eigenvalue weighted by Gasteiger charge is 2.06. The maximum absolute atomic E-state index is 8.87. The summed E-state index contributed by atoms with van der Waals surface area (Å²) in [6.07, 6.45) is 0. The SMILES string of the molecule is CCOCOc1ccc2ccccc2c1C#CCO. The van der Waals surface area contributed by atoms with Gasteiger partial charge in [-0.25, -0.2) is 0 Å². The van der Waals surface area contributed by atoms with Crippen LogP contribution in [0.3, 0.4) is 0 Å². The molecule has 0 fully saturated rings. The van der Waals surface area contributed by atoms with Crippen molar-refractivity contribution in [1.29, 1.82) is 0 Å². The van der Waals surface area contributed by atoms with Gasteiger partial charge in [-0.1, -0.05) is 42.2 Å². The lowest BCUT2D eigenvalue weighted by atomic mass is 10.0. The number of aliphatic hydroxyl groups is 1. The van der Waals surface area contributed by atoms with Crippen molar-refractivity contribution < 1.29 is 14.6 Å². The summed E-state index contributed by atoms with van der Waals surface area (Å²) >= 11 is 0. The van der Waals surface area contributed by atoms with Gasteiger partial charge in [0, 0.05) is 12.0 Å². The van der Waals surface area contributed by atoms with Gasteiger partial charge in [0.25, 0.3) is 0 Å². The van der Waals surface area contributed by atoms with Crippen molar-refractivity contribution in [2.45, 2.75) is 6.92 Å². The van der Waals surface area contributed by atoms with Crippen LogP contribution in [0.5, 0.6) is 5.75 Å². The van der Waals surface area contributed by atoms with E-state index in [-0.39, 0.29) is 13.4 Å². The zero-order chi connectivity index (χ0) is 13.5. The van der Waals surface area contributed by atoms with Crippen LogP contribution in [0.1, 0.15) is 12.5 Å². The van der Waals surface area contributed by atoms with Gasteiger partial charge in [0.1, 0.15) is 12.4 Å². The van der Waals surface area contributed by atoms with Crippen LogP contribution in [-0.2, 0) is 4.74 Å². The molecule has 3 heteroatoms. The molecule has 0 radical (unpaired) electrons. The Bertz CT molecular complexity index is 608. The van der Waals surface area contributed by atoms with Crippen molar-refractivity contribution in [3.8, 4) is 17.6 Å². The quantitative estimate of drug-likeness (QED) is 0.519. The first-order valence-corrected chi connectivity index (χ1v) is 6.19. The fourth-order valence-electron chi connectivity index (χ4n) is 1.82. The minimum absolute atomic E-state index is 0.172. The molecule has 2 aromatic carbocycles. The Balaban J connectivity index is 2.44. The Hall–Kier alpha value is -2.02. The summed E-state index contributed by atoms with van der Waals surface area (Å²) in [5.74, 6) is 6.30. The van der Waals surface area contributed by atoms with E-state index in [0.29, 0.717) is 12.4 Å². The third-order valence-corrected chi connectivity index (χ3v) is 2.69. The summed E-state index contributed by atoms with van der Waals surface area (Å²) in [5.41, 5.74) is 0.784. The van der Waals surface area contributed by atoms with E-state index in [1.807, 2.05) is 43.3 Å². The molecule has 0 saturated heterocycles. The molecule has 0 amide bonds. The molecule has 0 unspecified atom stereocenters. The average Bonchev–Trinajstić information content (AvgIpc) is 2.46. The van der Waals surface area contributed by atoms with Crippen molar-refractivity contribution in [3.63, 3.8) is 0 Å². The van der Waals surface area contributed by atoms with E-state index >= 15 is 0 Å². The van der Waals surface area contributed by atoms with E-state index in [1.54, 1.807) is 0 Å². The average molecular weight is 256 g/mol. The molecule has 0 spiro atoms. The predicted molar refractivity (Wildman–Crippen MR) is 75.0 cm³/mol. The van der Waals surface area contributed by atoms with E-state index in [1.165, 1.54) is 0 Å². The number of rotatable bonds is 4. The van der Waals surface area contributed by atoms with Crippen molar-refractivity contribution in [1.82, 2.24) is 0 Å². The van der Waals surface area contributed by atoms with Gasteiger partial charge >= 0.3 is 0 Å². The van der Waals surface area contributed by atoms with Gasteiger partial charge in [0.2, 0.25) is 0 Å². The molecule has 0 heterocycles. The van der Waals surface area contributed by atoms with Gasteiger partial charge in [-0.15, -0.1) is 0 Å². The van der Waals surface area contributed by atoms with E-state index in [9.17, 15) is 0 Å². The lowest BCUT2D eigenvalue weighted by Gasteiger charge is -2.10. The van der Waals surface area contributed by atoms with Crippen LogP contribution in [0, 0.1) is 11.8 Å². The Morgan fingerprint density at radius 2 is 2.00 bits per heavy atom. The van der Waals surface area contributed by atoms with Gasteiger partial charge < -0.3 is 14.6 Å². The largest absolute Gasteiger partial charge is 0.466 e. The Morgan fingerprint density at radius 1 is 1.16 bits per heavy atom. The minimum Gasteiger partial charge on any atom is -0.466 e. The fourth-order valence-corrected chi connectivity index (χ4v) is 1.82. The molecular formula is C16H16O3. The summed E-state index contributed by atoms with van der Waals surface area (Å²) < 4.78 is 10.8. The van der Waals surface area contributed by atoms with Crippen LogP contribution in [0.15, 0.2) is 36.4 Å². The summed E-state index contributed by atoms with van der Waals surface area (Å²) in [4.78, 5) is 0. The van der Waals surface area contributed by atoms with Gasteiger partial charge in [-0.05, 0) is 18.4 Å². The smallest absolute Gasteiger partial charge is 0.189 e. The molecule has 0 atom stereocenters. The normalized spacial score (nSPS) is 10.0. The molecule has 0 saturated carbocycles. The van der Waals surface area contributed by atoms with Gasteiger partial charge in [-0.3, -0.25) is 0 Å².